The van der Waals surface area contributed by atoms with Crippen molar-refractivity contribution in [1.29, 1.82) is 0 Å². The van der Waals surface area contributed by atoms with E-state index in [1.165, 1.54) is 16.6 Å². The maximum atomic E-state index is 13.7. The molecular weight excluding hydrogens is 510 g/mol. The first kappa shape index (κ1) is 25.0. The predicted octanol–water partition coefficient (Wildman–Crippen LogP) is 4.85. The van der Waals surface area contributed by atoms with Gasteiger partial charge in [0.05, 0.1) is 36.1 Å². The number of esters is 1. The van der Waals surface area contributed by atoms with Crippen LogP contribution in [0.2, 0.25) is 0 Å². The molecule has 0 saturated heterocycles. The number of carbonyl (C=O) groups excluding carboxylic acids is 2. The molecular formula is C27H25N3O5S2. The molecule has 5 rings (SSSR count). The smallest absolute Gasteiger partial charge is 0.338 e. The highest BCUT2D eigenvalue weighted by Gasteiger charge is 2.24. The average Bonchev–Trinajstić information content (AvgIpc) is 3.49. The Hall–Kier alpha value is -3.63. The summed E-state index contributed by atoms with van der Waals surface area (Å²) in [5.41, 5.74) is 2.63. The van der Waals surface area contributed by atoms with Crippen molar-refractivity contribution in [3.05, 3.63) is 74.9 Å². The molecule has 1 aliphatic carbocycles. The summed E-state index contributed by atoms with van der Waals surface area (Å²) in [7, 11) is 1.59. The van der Waals surface area contributed by atoms with Gasteiger partial charge in [0, 0.05) is 10.6 Å². The van der Waals surface area contributed by atoms with Crippen LogP contribution < -0.4 is 15.6 Å². The van der Waals surface area contributed by atoms with E-state index in [0.29, 0.717) is 39.8 Å². The zero-order chi connectivity index (χ0) is 25.9. The molecule has 0 aliphatic heterocycles. The lowest BCUT2D eigenvalue weighted by molar-refractivity contribution is -0.113. The number of nitrogens with zero attached hydrogens (tertiary/aromatic N) is 2. The largest absolute Gasteiger partial charge is 0.497 e. The molecule has 190 valence electrons. The highest BCUT2D eigenvalue weighted by atomic mass is 32.2. The molecule has 0 saturated carbocycles. The van der Waals surface area contributed by atoms with Gasteiger partial charge in [-0.15, -0.1) is 11.3 Å². The molecule has 0 radical (unpaired) electrons. The topological polar surface area (TPSA) is 99.5 Å². The molecule has 8 nitrogen and oxygen atoms in total. The molecule has 0 atom stereocenters. The maximum Gasteiger partial charge on any atom is 0.338 e. The molecule has 0 fully saturated rings. The Morgan fingerprint density at radius 3 is 2.57 bits per heavy atom. The molecule has 1 N–H and O–H groups in total. The fraction of sp³-hybridized carbons (Fsp3) is 0.259. The summed E-state index contributed by atoms with van der Waals surface area (Å²) in [5.74, 6) is 0.0789. The lowest BCUT2D eigenvalue weighted by atomic mass is 10.2. The quantitative estimate of drug-likeness (QED) is 0.196. The molecule has 10 heteroatoms. The second-order valence-corrected chi connectivity index (χ2v) is 10.4. The van der Waals surface area contributed by atoms with Crippen LogP contribution in [0.1, 0.15) is 34.1 Å². The molecule has 2 heterocycles. The van der Waals surface area contributed by atoms with Crippen molar-refractivity contribution in [2.75, 3.05) is 24.8 Å². The third-order valence-electron chi connectivity index (χ3n) is 6.05. The van der Waals surface area contributed by atoms with E-state index < -0.39 is 5.97 Å². The molecule has 1 aliphatic rings. The van der Waals surface area contributed by atoms with Crippen molar-refractivity contribution in [1.82, 2.24) is 9.55 Å². The van der Waals surface area contributed by atoms with Gasteiger partial charge in [-0.05, 0) is 80.3 Å². The SMILES string of the molecule is CCOC(=O)c1ccc(NC(=O)CSc2nc3sc4c(c3c(=O)n2-c2ccc(OC)cc2)CCC4)cc1. The number of methoxy groups -OCH3 is 1. The Kier molecular flexibility index (Phi) is 7.29. The van der Waals surface area contributed by atoms with E-state index in [9.17, 15) is 14.4 Å². The minimum Gasteiger partial charge on any atom is -0.497 e. The number of nitrogens with one attached hydrogen (secondary N) is 1. The molecule has 1 amide bonds. The van der Waals surface area contributed by atoms with Gasteiger partial charge >= 0.3 is 5.97 Å². The Morgan fingerprint density at radius 2 is 1.86 bits per heavy atom. The third kappa shape index (κ3) is 5.12. The summed E-state index contributed by atoms with van der Waals surface area (Å²) in [4.78, 5) is 45.1. The van der Waals surface area contributed by atoms with Crippen LogP contribution in [0.15, 0.2) is 58.5 Å². The van der Waals surface area contributed by atoms with Gasteiger partial charge in [0.2, 0.25) is 5.91 Å². The highest BCUT2D eigenvalue weighted by molar-refractivity contribution is 7.99. The number of thioether (sulfide) groups is 1. The summed E-state index contributed by atoms with van der Waals surface area (Å²) < 4.78 is 11.8. The van der Waals surface area contributed by atoms with Gasteiger partial charge in [-0.3, -0.25) is 14.2 Å². The van der Waals surface area contributed by atoms with Crippen LogP contribution in [0.3, 0.4) is 0 Å². The number of benzene rings is 2. The number of aryl methyl sites for hydroxylation is 2. The van der Waals surface area contributed by atoms with Crippen LogP contribution >= 0.6 is 23.1 Å². The van der Waals surface area contributed by atoms with Gasteiger partial charge in [0.1, 0.15) is 10.6 Å². The third-order valence-corrected chi connectivity index (χ3v) is 8.18. The number of thiophene rings is 1. The number of fused-ring (bicyclic) bond motifs is 3. The summed E-state index contributed by atoms with van der Waals surface area (Å²) >= 11 is 2.78. The minimum absolute atomic E-state index is 0.0544. The Bertz CT molecular complexity index is 1530. The summed E-state index contributed by atoms with van der Waals surface area (Å²) in [6.45, 7) is 2.04. The highest BCUT2D eigenvalue weighted by Crippen LogP contribution is 2.36. The van der Waals surface area contributed by atoms with Crippen molar-refractivity contribution in [2.45, 2.75) is 31.3 Å². The first-order valence-electron chi connectivity index (χ1n) is 11.9. The van der Waals surface area contributed by atoms with Gasteiger partial charge in [0.25, 0.3) is 5.56 Å². The molecule has 0 spiro atoms. The van der Waals surface area contributed by atoms with E-state index >= 15 is 0 Å². The standard InChI is InChI=1S/C27H25N3O5S2/c1-3-35-26(33)16-7-9-17(10-8-16)28-22(31)15-36-27-29-24-23(20-5-4-6-21(20)37-24)25(32)30(27)18-11-13-19(34-2)14-12-18/h7-14H,3-6,15H2,1-2H3,(H,28,31). The number of rotatable bonds is 8. The van der Waals surface area contributed by atoms with Crippen molar-refractivity contribution in [3.8, 4) is 11.4 Å². The zero-order valence-corrected chi connectivity index (χ0v) is 22.0. The van der Waals surface area contributed by atoms with E-state index in [1.54, 1.807) is 66.3 Å². The van der Waals surface area contributed by atoms with Crippen LogP contribution in [-0.4, -0.2) is 40.9 Å². The van der Waals surface area contributed by atoms with Crippen LogP contribution in [0, 0.1) is 0 Å². The molecule has 0 unspecified atom stereocenters. The summed E-state index contributed by atoms with van der Waals surface area (Å²) in [5, 5.41) is 3.97. The van der Waals surface area contributed by atoms with Crippen molar-refractivity contribution in [3.63, 3.8) is 0 Å². The van der Waals surface area contributed by atoms with E-state index in [1.807, 2.05) is 12.1 Å². The van der Waals surface area contributed by atoms with Gasteiger partial charge in [-0.1, -0.05) is 11.8 Å². The van der Waals surface area contributed by atoms with Gasteiger partial charge < -0.3 is 14.8 Å². The van der Waals surface area contributed by atoms with E-state index in [4.69, 9.17) is 14.5 Å². The maximum absolute atomic E-state index is 13.7. The first-order valence-corrected chi connectivity index (χ1v) is 13.7. The van der Waals surface area contributed by atoms with Crippen LogP contribution in [0.25, 0.3) is 15.9 Å². The molecule has 37 heavy (non-hydrogen) atoms. The van der Waals surface area contributed by atoms with E-state index in [2.05, 4.69) is 5.32 Å². The first-order chi connectivity index (χ1) is 18.0. The normalized spacial score (nSPS) is 12.4. The van der Waals surface area contributed by atoms with Crippen LogP contribution in [0.5, 0.6) is 5.75 Å². The van der Waals surface area contributed by atoms with Crippen molar-refractivity contribution < 1.29 is 19.1 Å². The number of anilines is 1. The van der Waals surface area contributed by atoms with Crippen molar-refractivity contribution in [2.24, 2.45) is 0 Å². The van der Waals surface area contributed by atoms with Crippen LogP contribution in [-0.2, 0) is 22.4 Å². The summed E-state index contributed by atoms with van der Waals surface area (Å²) in [6, 6.07) is 13.7. The van der Waals surface area contributed by atoms with Gasteiger partial charge in [0.15, 0.2) is 5.16 Å². The number of hydrogen-bond donors (Lipinski definition) is 1. The fourth-order valence-corrected chi connectivity index (χ4v) is 6.43. The minimum atomic E-state index is -0.409. The average molecular weight is 536 g/mol. The van der Waals surface area contributed by atoms with Gasteiger partial charge in [-0.25, -0.2) is 9.78 Å². The lowest BCUT2D eigenvalue weighted by Gasteiger charge is -2.13. The number of hydrogen-bond acceptors (Lipinski definition) is 8. The Labute approximate surface area is 221 Å². The van der Waals surface area contributed by atoms with E-state index in [0.717, 1.165) is 29.7 Å². The number of ether oxygens (including phenoxy) is 2. The second kappa shape index (κ2) is 10.8. The Balaban J connectivity index is 1.40. The monoisotopic (exact) mass is 535 g/mol. The molecule has 2 aromatic heterocycles. The molecule has 2 aromatic carbocycles. The number of carbonyl (C=O) groups is 2. The predicted molar refractivity (Wildman–Crippen MR) is 146 cm³/mol. The van der Waals surface area contributed by atoms with Gasteiger partial charge in [-0.2, -0.15) is 0 Å². The van der Waals surface area contributed by atoms with E-state index in [-0.39, 0.29) is 17.2 Å². The Morgan fingerprint density at radius 1 is 1.11 bits per heavy atom. The number of amides is 1. The zero-order valence-electron chi connectivity index (χ0n) is 20.4. The number of aromatic nitrogens is 2. The second-order valence-electron chi connectivity index (χ2n) is 8.41. The van der Waals surface area contributed by atoms with Crippen molar-refractivity contribution >= 4 is 50.9 Å². The fourth-order valence-electron chi connectivity index (χ4n) is 4.31. The van der Waals surface area contributed by atoms with Crippen LogP contribution in [0.4, 0.5) is 5.69 Å². The molecule has 0 bridgehead atoms. The lowest BCUT2D eigenvalue weighted by Crippen LogP contribution is -2.23. The summed E-state index contributed by atoms with van der Waals surface area (Å²) in [6.07, 6.45) is 2.91. The molecule has 4 aromatic rings.